The van der Waals surface area contributed by atoms with Crippen molar-refractivity contribution >= 4 is 45.8 Å². The second-order valence-corrected chi connectivity index (χ2v) is 9.98. The number of hydrogen-bond donors (Lipinski definition) is 1. The first-order chi connectivity index (χ1) is 17.5. The normalized spacial score (nSPS) is 16.2. The van der Waals surface area contributed by atoms with Crippen molar-refractivity contribution in [1.82, 2.24) is 14.5 Å². The monoisotopic (exact) mass is 522 g/mol. The van der Waals surface area contributed by atoms with Crippen molar-refractivity contribution in [2.45, 2.75) is 25.9 Å². The van der Waals surface area contributed by atoms with Crippen LogP contribution in [0.15, 0.2) is 66.7 Å². The lowest BCUT2D eigenvalue weighted by Gasteiger charge is -2.32. The predicted octanol–water partition coefficient (Wildman–Crippen LogP) is 6.25. The van der Waals surface area contributed by atoms with Crippen LogP contribution in [0.25, 0.3) is 11.0 Å². The van der Waals surface area contributed by atoms with E-state index >= 15 is 0 Å². The highest BCUT2D eigenvalue weighted by atomic mass is 35.5. The Morgan fingerprint density at radius 3 is 2.69 bits per heavy atom. The quantitative estimate of drug-likeness (QED) is 0.311. The molecular weight excluding hydrogens is 495 g/mol. The number of likely N-dealkylation sites (tertiary alicyclic amines) is 1. The van der Waals surface area contributed by atoms with Crippen molar-refractivity contribution in [2.24, 2.45) is 5.92 Å². The maximum atomic E-state index is 13.1. The summed E-state index contributed by atoms with van der Waals surface area (Å²) < 4.78 is 7.58. The number of piperidine rings is 1. The van der Waals surface area contributed by atoms with E-state index in [-0.39, 0.29) is 11.8 Å². The lowest BCUT2D eigenvalue weighted by atomic mass is 9.97. The number of carbonyl (C=O) groups excluding carboxylic acids is 1. The van der Waals surface area contributed by atoms with E-state index in [0.29, 0.717) is 35.4 Å². The van der Waals surface area contributed by atoms with Crippen LogP contribution in [-0.2, 0) is 17.9 Å². The Morgan fingerprint density at radius 1 is 1.08 bits per heavy atom. The number of methoxy groups -OCH3 is 1. The Labute approximate surface area is 220 Å². The molecule has 8 heteroatoms. The van der Waals surface area contributed by atoms with Gasteiger partial charge in [0, 0.05) is 18.1 Å². The molecule has 36 heavy (non-hydrogen) atoms. The van der Waals surface area contributed by atoms with Gasteiger partial charge >= 0.3 is 0 Å². The molecular formula is C28H28Cl2N4O2. The molecule has 0 radical (unpaired) electrons. The summed E-state index contributed by atoms with van der Waals surface area (Å²) in [7, 11) is 1.67. The number of aromatic nitrogens is 2. The molecule has 0 unspecified atom stereocenters. The number of anilines is 1. The fourth-order valence-corrected chi connectivity index (χ4v) is 5.11. The Hall–Kier alpha value is -3.06. The maximum Gasteiger partial charge on any atom is 0.228 e. The Morgan fingerprint density at radius 2 is 1.89 bits per heavy atom. The largest absolute Gasteiger partial charge is 0.497 e. The summed E-state index contributed by atoms with van der Waals surface area (Å²) >= 11 is 12.3. The maximum absolute atomic E-state index is 13.1. The summed E-state index contributed by atoms with van der Waals surface area (Å²) in [6.07, 6.45) is 1.78. The van der Waals surface area contributed by atoms with Gasteiger partial charge in [-0.1, -0.05) is 47.5 Å². The summed E-state index contributed by atoms with van der Waals surface area (Å²) in [4.78, 5) is 20.3. The van der Waals surface area contributed by atoms with Crippen molar-refractivity contribution in [3.63, 3.8) is 0 Å². The van der Waals surface area contributed by atoms with Crippen molar-refractivity contribution in [3.8, 4) is 5.75 Å². The molecule has 0 saturated carbocycles. The fraction of sp³-hybridized carbons (Fsp3) is 0.286. The zero-order chi connectivity index (χ0) is 25.1. The number of imidazole rings is 1. The van der Waals surface area contributed by atoms with E-state index in [1.165, 1.54) is 5.56 Å². The lowest BCUT2D eigenvalue weighted by molar-refractivity contribution is -0.121. The van der Waals surface area contributed by atoms with Crippen LogP contribution in [0.3, 0.4) is 0 Å². The molecule has 2 heterocycles. The third-order valence-corrected chi connectivity index (χ3v) is 7.23. The number of amides is 1. The minimum absolute atomic E-state index is 0.0318. The van der Waals surface area contributed by atoms with Crippen LogP contribution >= 0.6 is 23.2 Å². The van der Waals surface area contributed by atoms with Crippen LogP contribution in [0.2, 0.25) is 10.0 Å². The van der Waals surface area contributed by atoms with Crippen LogP contribution in [0.5, 0.6) is 5.75 Å². The van der Waals surface area contributed by atoms with E-state index in [2.05, 4.69) is 33.0 Å². The van der Waals surface area contributed by atoms with E-state index < -0.39 is 0 Å². The van der Waals surface area contributed by atoms with Gasteiger partial charge in [-0.15, -0.1) is 0 Å². The van der Waals surface area contributed by atoms with Gasteiger partial charge < -0.3 is 14.6 Å². The second-order valence-electron chi connectivity index (χ2n) is 9.14. The molecule has 1 amide bonds. The smallest absolute Gasteiger partial charge is 0.228 e. The Balaban J connectivity index is 1.33. The van der Waals surface area contributed by atoms with Gasteiger partial charge in [-0.2, -0.15) is 0 Å². The Bertz CT molecular complexity index is 1370. The van der Waals surface area contributed by atoms with Crippen LogP contribution in [0, 0.1) is 5.92 Å². The molecule has 4 aromatic rings. The number of nitrogens with zero attached hydrogens (tertiary/aromatic N) is 3. The highest BCUT2D eigenvalue weighted by Crippen LogP contribution is 2.28. The number of hydrogen-bond acceptors (Lipinski definition) is 4. The molecule has 1 fully saturated rings. The molecule has 186 valence electrons. The third-order valence-electron chi connectivity index (χ3n) is 6.66. The van der Waals surface area contributed by atoms with E-state index in [1.807, 2.05) is 30.3 Å². The summed E-state index contributed by atoms with van der Waals surface area (Å²) in [5, 5.41) is 3.98. The van der Waals surface area contributed by atoms with Gasteiger partial charge in [0.05, 0.1) is 41.3 Å². The Kier molecular flexibility index (Phi) is 7.46. The molecule has 3 aromatic carbocycles. The van der Waals surface area contributed by atoms with E-state index in [9.17, 15) is 4.79 Å². The van der Waals surface area contributed by atoms with E-state index in [1.54, 1.807) is 25.3 Å². The SMILES string of the molecule is COc1ccc(Cn2c(CN3CCC[C@H](C(=O)Nc4cc(Cl)ccc4Cl)C3)nc3ccccc32)cc1. The topological polar surface area (TPSA) is 59.4 Å². The zero-order valence-corrected chi connectivity index (χ0v) is 21.6. The van der Waals surface area contributed by atoms with Crippen molar-refractivity contribution < 1.29 is 9.53 Å². The second kappa shape index (κ2) is 10.9. The van der Waals surface area contributed by atoms with Crippen LogP contribution in [0.1, 0.15) is 24.2 Å². The van der Waals surface area contributed by atoms with Gasteiger partial charge in [0.15, 0.2) is 0 Å². The number of halogens is 2. The molecule has 1 aromatic heterocycles. The first-order valence-electron chi connectivity index (χ1n) is 12.1. The molecule has 1 N–H and O–H groups in total. The number of ether oxygens (including phenoxy) is 1. The molecule has 1 aliphatic rings. The number of para-hydroxylation sites is 2. The first-order valence-corrected chi connectivity index (χ1v) is 12.8. The third kappa shape index (κ3) is 5.51. The van der Waals surface area contributed by atoms with Crippen LogP contribution < -0.4 is 10.1 Å². The average Bonchev–Trinajstić information content (AvgIpc) is 3.23. The molecule has 1 saturated heterocycles. The van der Waals surface area contributed by atoms with Gasteiger partial charge in [0.25, 0.3) is 0 Å². The van der Waals surface area contributed by atoms with Crippen molar-refractivity contribution in [3.05, 3.63) is 88.2 Å². The molecule has 1 atom stereocenters. The van der Waals surface area contributed by atoms with Gasteiger partial charge in [-0.3, -0.25) is 9.69 Å². The minimum atomic E-state index is -0.131. The highest BCUT2D eigenvalue weighted by Gasteiger charge is 2.27. The van der Waals surface area contributed by atoms with Crippen molar-refractivity contribution in [2.75, 3.05) is 25.5 Å². The number of rotatable bonds is 7. The van der Waals surface area contributed by atoms with Gasteiger partial charge in [-0.05, 0) is 67.4 Å². The van der Waals surface area contributed by atoms with Crippen molar-refractivity contribution in [1.29, 1.82) is 0 Å². The standard InChI is InChI=1S/C28H28Cl2N4O2/c1-36-22-11-8-19(9-12-22)16-34-26-7-3-2-6-24(26)31-27(34)18-33-14-4-5-20(17-33)28(35)32-25-15-21(29)10-13-23(25)30/h2-3,6-13,15,20H,4-5,14,16-18H2,1H3,(H,32,35)/t20-/m0/s1. The molecule has 5 rings (SSSR count). The van der Waals surface area contributed by atoms with Crippen LogP contribution in [0.4, 0.5) is 5.69 Å². The summed E-state index contributed by atoms with van der Waals surface area (Å²) in [6.45, 7) is 2.97. The number of fused-ring (bicyclic) bond motifs is 1. The summed E-state index contributed by atoms with van der Waals surface area (Å²) in [6, 6.07) is 21.4. The van der Waals surface area contributed by atoms with E-state index in [4.69, 9.17) is 32.9 Å². The molecule has 0 spiro atoms. The van der Waals surface area contributed by atoms with Crippen LogP contribution in [-0.4, -0.2) is 40.6 Å². The van der Waals surface area contributed by atoms with Gasteiger partial charge in [-0.25, -0.2) is 4.98 Å². The summed E-state index contributed by atoms with van der Waals surface area (Å²) in [5.74, 6) is 1.67. The number of benzene rings is 3. The highest BCUT2D eigenvalue weighted by molar-refractivity contribution is 6.35. The van der Waals surface area contributed by atoms with Gasteiger partial charge in [0.1, 0.15) is 11.6 Å². The molecule has 1 aliphatic heterocycles. The average molecular weight is 523 g/mol. The van der Waals surface area contributed by atoms with Gasteiger partial charge in [0.2, 0.25) is 5.91 Å². The summed E-state index contributed by atoms with van der Waals surface area (Å²) in [5.41, 5.74) is 3.80. The predicted molar refractivity (Wildman–Crippen MR) is 145 cm³/mol. The zero-order valence-electron chi connectivity index (χ0n) is 20.1. The molecule has 6 nitrogen and oxygen atoms in total. The number of nitrogens with one attached hydrogen (secondary N) is 1. The molecule has 0 aliphatic carbocycles. The number of carbonyl (C=O) groups is 1. The van der Waals surface area contributed by atoms with E-state index in [0.717, 1.165) is 42.0 Å². The minimum Gasteiger partial charge on any atom is -0.497 e. The first kappa shape index (κ1) is 24.6. The lowest BCUT2D eigenvalue weighted by Crippen LogP contribution is -2.40. The fourth-order valence-electron chi connectivity index (χ4n) is 4.78. The molecule has 0 bridgehead atoms.